The van der Waals surface area contributed by atoms with Crippen molar-refractivity contribution in [2.24, 2.45) is 0 Å². The zero-order valence-corrected chi connectivity index (χ0v) is 17.0. The number of fused-ring (bicyclic) bond motifs is 1. The second-order valence-corrected chi connectivity index (χ2v) is 7.03. The Hall–Kier alpha value is -3.61. The van der Waals surface area contributed by atoms with E-state index < -0.39 is 24.5 Å². The number of amides is 2. The number of ether oxygens (including phenoxy) is 1. The third-order valence-electron chi connectivity index (χ3n) is 4.73. The summed E-state index contributed by atoms with van der Waals surface area (Å²) in [4.78, 5) is 39.5. The molecule has 156 valence electrons. The highest BCUT2D eigenvalue weighted by atomic mass is 16.5. The van der Waals surface area contributed by atoms with Crippen molar-refractivity contribution in [3.8, 4) is 0 Å². The highest BCUT2D eigenvalue weighted by Gasteiger charge is 2.23. The molecule has 3 aromatic rings. The maximum Gasteiger partial charge on any atom is 0.329 e. The molecule has 7 heteroatoms. The molecule has 2 aromatic carbocycles. The van der Waals surface area contributed by atoms with Crippen LogP contribution in [0.2, 0.25) is 0 Å². The number of rotatable bonds is 8. The number of carbonyl (C=O) groups excluding carboxylic acids is 3. The van der Waals surface area contributed by atoms with E-state index in [1.807, 2.05) is 49.4 Å². The number of benzene rings is 2. The monoisotopic (exact) mass is 407 g/mol. The Labute approximate surface area is 174 Å². The summed E-state index contributed by atoms with van der Waals surface area (Å²) in [5.74, 6) is -1.45. The van der Waals surface area contributed by atoms with Gasteiger partial charge in [-0.1, -0.05) is 37.3 Å². The number of H-pyrrole nitrogens is 1. The van der Waals surface area contributed by atoms with Crippen molar-refractivity contribution >= 4 is 34.4 Å². The average Bonchev–Trinajstić information content (AvgIpc) is 3.14. The molecular weight excluding hydrogens is 382 g/mol. The van der Waals surface area contributed by atoms with Crippen molar-refractivity contribution < 1.29 is 19.1 Å². The normalized spacial score (nSPS) is 11.7. The van der Waals surface area contributed by atoms with E-state index in [2.05, 4.69) is 15.6 Å². The van der Waals surface area contributed by atoms with E-state index in [-0.39, 0.29) is 12.3 Å². The summed E-state index contributed by atoms with van der Waals surface area (Å²) in [6.07, 6.45) is 2.91. The number of para-hydroxylation sites is 1. The first-order valence-corrected chi connectivity index (χ1v) is 9.83. The molecule has 0 spiro atoms. The fourth-order valence-corrected chi connectivity index (χ4v) is 3.26. The van der Waals surface area contributed by atoms with Gasteiger partial charge in [0.2, 0.25) is 5.91 Å². The number of aromatic nitrogens is 1. The van der Waals surface area contributed by atoms with E-state index in [1.165, 1.54) is 6.92 Å². The SMILES string of the molecule is CCc1cccc(NC(=O)COC(=O)[C@H](Cc2c[nH]c3ccccc23)NC(C)=O)c1. The van der Waals surface area contributed by atoms with Gasteiger partial charge < -0.3 is 20.4 Å². The Kier molecular flexibility index (Phi) is 6.85. The molecule has 1 atom stereocenters. The Morgan fingerprint density at radius 3 is 2.67 bits per heavy atom. The molecule has 0 bridgehead atoms. The molecule has 0 unspecified atom stereocenters. The lowest BCUT2D eigenvalue weighted by Crippen LogP contribution is -2.43. The lowest BCUT2D eigenvalue weighted by atomic mass is 10.0. The number of nitrogens with one attached hydrogen (secondary N) is 3. The van der Waals surface area contributed by atoms with Gasteiger partial charge in [0.25, 0.3) is 5.91 Å². The predicted molar refractivity (Wildman–Crippen MR) is 115 cm³/mol. The number of aryl methyl sites for hydroxylation is 1. The second kappa shape index (κ2) is 9.73. The molecule has 2 amide bonds. The van der Waals surface area contributed by atoms with Crippen LogP contribution in [-0.2, 0) is 32.0 Å². The van der Waals surface area contributed by atoms with E-state index in [4.69, 9.17) is 4.74 Å². The van der Waals surface area contributed by atoms with Crippen molar-refractivity contribution in [2.45, 2.75) is 32.7 Å². The van der Waals surface area contributed by atoms with Crippen molar-refractivity contribution in [1.82, 2.24) is 10.3 Å². The quantitative estimate of drug-likeness (QED) is 0.500. The first kappa shape index (κ1) is 21.1. The van der Waals surface area contributed by atoms with E-state index in [9.17, 15) is 14.4 Å². The lowest BCUT2D eigenvalue weighted by Gasteiger charge is -2.16. The van der Waals surface area contributed by atoms with Gasteiger partial charge in [0.05, 0.1) is 0 Å². The van der Waals surface area contributed by atoms with Crippen LogP contribution in [0.25, 0.3) is 10.9 Å². The number of hydrogen-bond acceptors (Lipinski definition) is 4. The summed E-state index contributed by atoms with van der Waals surface area (Å²) in [7, 11) is 0. The fourth-order valence-electron chi connectivity index (χ4n) is 3.26. The summed E-state index contributed by atoms with van der Waals surface area (Å²) < 4.78 is 5.18. The van der Waals surface area contributed by atoms with Crippen molar-refractivity contribution in [3.63, 3.8) is 0 Å². The average molecular weight is 407 g/mol. The number of anilines is 1. The molecule has 0 aliphatic heterocycles. The fraction of sp³-hybridized carbons (Fsp3) is 0.261. The van der Waals surface area contributed by atoms with Gasteiger partial charge in [0, 0.05) is 36.1 Å². The molecular formula is C23H25N3O4. The Balaban J connectivity index is 1.62. The van der Waals surface area contributed by atoms with Crippen LogP contribution in [0.4, 0.5) is 5.69 Å². The van der Waals surface area contributed by atoms with Crippen LogP contribution in [0.15, 0.2) is 54.7 Å². The van der Waals surface area contributed by atoms with Gasteiger partial charge in [0.15, 0.2) is 6.61 Å². The highest BCUT2D eigenvalue weighted by Crippen LogP contribution is 2.19. The molecule has 1 aromatic heterocycles. The molecule has 3 rings (SSSR count). The summed E-state index contributed by atoms with van der Waals surface area (Å²) in [6, 6.07) is 14.3. The van der Waals surface area contributed by atoms with Gasteiger partial charge in [-0.25, -0.2) is 4.79 Å². The molecule has 7 nitrogen and oxygen atoms in total. The van der Waals surface area contributed by atoms with Crippen LogP contribution in [0.5, 0.6) is 0 Å². The second-order valence-electron chi connectivity index (χ2n) is 7.03. The topological polar surface area (TPSA) is 100 Å². The lowest BCUT2D eigenvalue weighted by molar-refractivity contribution is -0.150. The predicted octanol–water partition coefficient (Wildman–Crippen LogP) is 2.96. The summed E-state index contributed by atoms with van der Waals surface area (Å²) in [5.41, 5.74) is 3.56. The minimum Gasteiger partial charge on any atom is -0.454 e. The van der Waals surface area contributed by atoms with Crippen molar-refractivity contribution in [1.29, 1.82) is 0 Å². The van der Waals surface area contributed by atoms with Gasteiger partial charge in [0.1, 0.15) is 6.04 Å². The summed E-state index contributed by atoms with van der Waals surface area (Å²) >= 11 is 0. The smallest absolute Gasteiger partial charge is 0.329 e. The minimum absolute atomic E-state index is 0.253. The Morgan fingerprint density at radius 1 is 1.10 bits per heavy atom. The molecule has 3 N–H and O–H groups in total. The van der Waals surface area contributed by atoms with Gasteiger partial charge in [-0.05, 0) is 35.7 Å². The minimum atomic E-state index is -0.891. The van der Waals surface area contributed by atoms with Crippen LogP contribution in [-0.4, -0.2) is 35.4 Å². The van der Waals surface area contributed by atoms with E-state index >= 15 is 0 Å². The zero-order valence-electron chi connectivity index (χ0n) is 17.0. The molecule has 0 saturated carbocycles. The van der Waals surface area contributed by atoms with Crippen LogP contribution in [0, 0.1) is 0 Å². The standard InChI is InChI=1S/C23H25N3O4/c1-3-16-7-6-8-18(11-16)26-22(28)14-30-23(29)21(25-15(2)27)12-17-13-24-20-10-5-4-9-19(17)20/h4-11,13,21,24H,3,12,14H2,1-2H3,(H,25,27)(H,26,28)/t21-/m0/s1. The van der Waals surface area contributed by atoms with Gasteiger partial charge >= 0.3 is 5.97 Å². The molecule has 30 heavy (non-hydrogen) atoms. The molecule has 1 heterocycles. The molecule has 0 radical (unpaired) electrons. The number of aromatic amines is 1. The van der Waals surface area contributed by atoms with Crippen LogP contribution in [0.1, 0.15) is 25.0 Å². The van der Waals surface area contributed by atoms with Crippen LogP contribution < -0.4 is 10.6 Å². The van der Waals surface area contributed by atoms with Crippen molar-refractivity contribution in [2.75, 3.05) is 11.9 Å². The maximum absolute atomic E-state index is 12.6. The van der Waals surface area contributed by atoms with Crippen molar-refractivity contribution in [3.05, 3.63) is 65.9 Å². The first-order chi connectivity index (χ1) is 14.5. The van der Waals surface area contributed by atoms with Gasteiger partial charge in [-0.2, -0.15) is 0 Å². The first-order valence-electron chi connectivity index (χ1n) is 9.83. The third kappa shape index (κ3) is 5.47. The summed E-state index contributed by atoms with van der Waals surface area (Å²) in [6.45, 7) is 2.93. The Morgan fingerprint density at radius 2 is 1.90 bits per heavy atom. The molecule has 0 saturated heterocycles. The number of esters is 1. The van der Waals surface area contributed by atoms with Crippen LogP contribution in [0.3, 0.4) is 0 Å². The van der Waals surface area contributed by atoms with E-state index in [0.717, 1.165) is 28.5 Å². The number of carbonyl (C=O) groups is 3. The number of hydrogen-bond donors (Lipinski definition) is 3. The maximum atomic E-state index is 12.6. The molecule has 0 fully saturated rings. The highest BCUT2D eigenvalue weighted by molar-refractivity contribution is 5.93. The van der Waals surface area contributed by atoms with E-state index in [0.29, 0.717) is 5.69 Å². The van der Waals surface area contributed by atoms with Gasteiger partial charge in [-0.3, -0.25) is 9.59 Å². The Bertz CT molecular complexity index is 1060. The molecule has 0 aliphatic rings. The summed E-state index contributed by atoms with van der Waals surface area (Å²) in [5, 5.41) is 6.29. The van der Waals surface area contributed by atoms with Gasteiger partial charge in [-0.15, -0.1) is 0 Å². The molecule has 0 aliphatic carbocycles. The van der Waals surface area contributed by atoms with E-state index in [1.54, 1.807) is 12.3 Å². The third-order valence-corrected chi connectivity index (χ3v) is 4.73. The van der Waals surface area contributed by atoms with Crippen LogP contribution >= 0.6 is 0 Å². The zero-order chi connectivity index (χ0) is 21.5. The largest absolute Gasteiger partial charge is 0.454 e.